The first-order valence-electron chi connectivity index (χ1n) is 15.0. The second-order valence-electron chi connectivity index (χ2n) is 12.3. The summed E-state index contributed by atoms with van der Waals surface area (Å²) in [7, 11) is -4.13. The largest absolute Gasteiger partial charge is 0.391 e. The number of rotatable bonds is 12. The molecule has 0 aliphatic heterocycles. The first-order valence-corrected chi connectivity index (χ1v) is 16.7. The molecule has 0 unspecified atom stereocenters. The predicted molar refractivity (Wildman–Crippen MR) is 177 cm³/mol. The van der Waals surface area contributed by atoms with Crippen molar-refractivity contribution < 1.29 is 27.9 Å². The molecular weight excluding hydrogens is 604 g/mol. The van der Waals surface area contributed by atoms with Crippen molar-refractivity contribution in [3.05, 3.63) is 108 Å². The average molecular weight is 645 g/mol. The fourth-order valence-corrected chi connectivity index (χ4v) is 6.44. The van der Waals surface area contributed by atoms with Gasteiger partial charge in [0.05, 0.1) is 23.4 Å². The fraction of sp³-hybridized carbons (Fsp3) is 0.314. The van der Waals surface area contributed by atoms with Gasteiger partial charge in [-0.2, -0.15) is 0 Å². The number of para-hydroxylation sites is 1. The quantitative estimate of drug-likeness (QED) is 0.184. The van der Waals surface area contributed by atoms with Crippen molar-refractivity contribution >= 4 is 38.5 Å². The molecule has 0 bridgehead atoms. The van der Waals surface area contributed by atoms with Gasteiger partial charge < -0.3 is 21.1 Å². The number of carbonyl (C=O) groups excluding carboxylic acids is 3. The molecule has 0 saturated heterocycles. The van der Waals surface area contributed by atoms with E-state index in [0.717, 1.165) is 10.9 Å². The van der Waals surface area contributed by atoms with Gasteiger partial charge in [-0.1, -0.05) is 66.7 Å². The van der Waals surface area contributed by atoms with E-state index in [1.54, 1.807) is 48.5 Å². The summed E-state index contributed by atoms with van der Waals surface area (Å²) in [5, 5.41) is 20.2. The van der Waals surface area contributed by atoms with Crippen LogP contribution in [0.25, 0.3) is 10.9 Å². The molecule has 4 rings (SSSR count). The Kier molecular flexibility index (Phi) is 10.9. The number of hydrogen-bond acceptors (Lipinski definition) is 7. The van der Waals surface area contributed by atoms with Crippen LogP contribution in [0.15, 0.2) is 96.0 Å². The number of aliphatic hydroxyl groups excluding tert-OH is 1. The zero-order chi connectivity index (χ0) is 33.5. The Morgan fingerprint density at radius 1 is 0.826 bits per heavy atom. The molecule has 4 aromatic rings. The smallest absolute Gasteiger partial charge is 0.251 e. The Balaban J connectivity index is 1.60. The van der Waals surface area contributed by atoms with E-state index in [1.165, 1.54) is 13.0 Å². The Labute approximate surface area is 269 Å². The van der Waals surface area contributed by atoms with Crippen LogP contribution in [0.1, 0.15) is 49.2 Å². The monoisotopic (exact) mass is 644 g/mol. The van der Waals surface area contributed by atoms with Crippen LogP contribution in [0.2, 0.25) is 0 Å². The minimum atomic E-state index is -4.13. The molecule has 0 aliphatic rings. The molecule has 10 nitrogen and oxygen atoms in total. The highest BCUT2D eigenvalue weighted by molar-refractivity contribution is 7.91. The van der Waals surface area contributed by atoms with E-state index in [2.05, 4.69) is 20.9 Å². The number of amides is 3. The normalized spacial score (nSPS) is 13.8. The highest BCUT2D eigenvalue weighted by Crippen LogP contribution is 2.19. The lowest BCUT2D eigenvalue weighted by Gasteiger charge is -2.28. The van der Waals surface area contributed by atoms with Crippen molar-refractivity contribution in [2.24, 2.45) is 0 Å². The van der Waals surface area contributed by atoms with E-state index in [4.69, 9.17) is 0 Å². The Morgan fingerprint density at radius 3 is 2.17 bits per heavy atom. The SMILES string of the molecule is CC(=O)N[C@H](CS(=O)(=O)c1ccc2ccccc2n1)C(=O)N[C@@H](Cc1ccccc1)[C@H](O)Cc1ccccc1C(=O)NC(C)(C)C. The van der Waals surface area contributed by atoms with Crippen LogP contribution in [0.4, 0.5) is 0 Å². The highest BCUT2D eigenvalue weighted by Gasteiger charge is 2.32. The van der Waals surface area contributed by atoms with Crippen LogP contribution >= 0.6 is 0 Å². The number of nitrogens with zero attached hydrogens (tertiary/aromatic N) is 1. The molecule has 3 aromatic carbocycles. The van der Waals surface area contributed by atoms with E-state index >= 15 is 0 Å². The van der Waals surface area contributed by atoms with Crippen molar-refractivity contribution in [2.75, 3.05) is 5.75 Å². The molecule has 0 radical (unpaired) electrons. The number of sulfone groups is 1. The Morgan fingerprint density at radius 2 is 1.48 bits per heavy atom. The number of hydrogen-bond donors (Lipinski definition) is 4. The number of carbonyl (C=O) groups is 3. The lowest BCUT2D eigenvalue weighted by Crippen LogP contribution is -2.55. The average Bonchev–Trinajstić information content (AvgIpc) is 2.99. The van der Waals surface area contributed by atoms with Crippen molar-refractivity contribution in [1.82, 2.24) is 20.9 Å². The maximum absolute atomic E-state index is 13.7. The van der Waals surface area contributed by atoms with Crippen LogP contribution in [-0.4, -0.2) is 65.7 Å². The second-order valence-corrected chi connectivity index (χ2v) is 14.3. The molecule has 4 N–H and O–H groups in total. The highest BCUT2D eigenvalue weighted by atomic mass is 32.2. The molecule has 3 atom stereocenters. The van der Waals surface area contributed by atoms with E-state index < -0.39 is 51.1 Å². The Bertz CT molecular complexity index is 1800. The van der Waals surface area contributed by atoms with Gasteiger partial charge in [0.15, 0.2) is 14.9 Å². The molecule has 242 valence electrons. The third-order valence-corrected chi connectivity index (χ3v) is 8.88. The maximum atomic E-state index is 13.7. The first-order chi connectivity index (χ1) is 21.7. The third kappa shape index (κ3) is 9.45. The molecule has 1 aromatic heterocycles. The topological polar surface area (TPSA) is 155 Å². The minimum absolute atomic E-state index is 0.0234. The number of aromatic nitrogens is 1. The molecule has 0 saturated carbocycles. The van der Waals surface area contributed by atoms with Crippen LogP contribution in [0.5, 0.6) is 0 Å². The van der Waals surface area contributed by atoms with Gasteiger partial charge >= 0.3 is 0 Å². The van der Waals surface area contributed by atoms with Gasteiger partial charge in [-0.05, 0) is 62.6 Å². The molecule has 0 spiro atoms. The summed E-state index contributed by atoms with van der Waals surface area (Å²) < 4.78 is 26.9. The Hall–Kier alpha value is -4.61. The molecule has 3 amide bonds. The zero-order valence-corrected chi connectivity index (χ0v) is 27.2. The number of nitrogens with one attached hydrogen (secondary N) is 3. The van der Waals surface area contributed by atoms with Gasteiger partial charge in [0.2, 0.25) is 11.8 Å². The molecule has 46 heavy (non-hydrogen) atoms. The van der Waals surface area contributed by atoms with Crippen LogP contribution in [0.3, 0.4) is 0 Å². The summed E-state index contributed by atoms with van der Waals surface area (Å²) in [5.74, 6) is -2.41. The summed E-state index contributed by atoms with van der Waals surface area (Å²) in [6, 6.07) is 23.8. The van der Waals surface area contributed by atoms with E-state index in [1.807, 2.05) is 57.2 Å². The third-order valence-electron chi connectivity index (χ3n) is 7.24. The fourth-order valence-electron chi connectivity index (χ4n) is 5.08. The van der Waals surface area contributed by atoms with Crippen molar-refractivity contribution in [3.8, 4) is 0 Å². The summed E-state index contributed by atoms with van der Waals surface area (Å²) in [6.45, 7) is 6.80. The van der Waals surface area contributed by atoms with Gasteiger partial charge in [-0.3, -0.25) is 14.4 Å². The molecule has 0 fully saturated rings. The van der Waals surface area contributed by atoms with Crippen LogP contribution in [-0.2, 0) is 32.3 Å². The summed E-state index contributed by atoms with van der Waals surface area (Å²) >= 11 is 0. The van der Waals surface area contributed by atoms with Crippen molar-refractivity contribution in [3.63, 3.8) is 0 Å². The van der Waals surface area contributed by atoms with Crippen LogP contribution in [0, 0.1) is 0 Å². The predicted octanol–water partition coefficient (Wildman–Crippen LogP) is 3.37. The number of aliphatic hydroxyl groups is 1. The number of fused-ring (bicyclic) bond motifs is 1. The lowest BCUT2D eigenvalue weighted by molar-refractivity contribution is -0.128. The lowest BCUT2D eigenvalue weighted by atomic mass is 9.93. The van der Waals surface area contributed by atoms with Crippen LogP contribution < -0.4 is 16.0 Å². The first kappa shape index (κ1) is 34.3. The van der Waals surface area contributed by atoms with Gasteiger partial charge in [-0.15, -0.1) is 0 Å². The number of benzene rings is 3. The van der Waals surface area contributed by atoms with Gasteiger partial charge in [0.25, 0.3) is 5.91 Å². The summed E-state index contributed by atoms with van der Waals surface area (Å²) in [5.41, 5.74) is 1.79. The van der Waals surface area contributed by atoms with E-state index in [9.17, 15) is 27.9 Å². The number of pyridine rings is 1. The van der Waals surface area contributed by atoms with Gasteiger partial charge in [0.1, 0.15) is 6.04 Å². The molecule has 11 heteroatoms. The molecule has 1 heterocycles. The maximum Gasteiger partial charge on any atom is 0.251 e. The zero-order valence-electron chi connectivity index (χ0n) is 26.4. The van der Waals surface area contributed by atoms with Gasteiger partial charge in [0, 0.05) is 29.8 Å². The second kappa shape index (κ2) is 14.7. The summed E-state index contributed by atoms with van der Waals surface area (Å²) in [4.78, 5) is 43.1. The van der Waals surface area contributed by atoms with E-state index in [0.29, 0.717) is 16.6 Å². The van der Waals surface area contributed by atoms with Crippen molar-refractivity contribution in [2.45, 2.75) is 69.3 Å². The van der Waals surface area contributed by atoms with Crippen molar-refractivity contribution in [1.29, 1.82) is 0 Å². The standard InChI is InChI=1S/C35H40N4O6S/c1-23(40)36-30(22-46(44,45)32-19-18-25-14-9-11-17-28(25)37-32)34(43)38-29(20-24-12-6-5-7-13-24)31(41)21-26-15-8-10-16-27(26)33(42)39-35(2,3)4/h5-19,29-31,41H,20-22H2,1-4H3,(H,36,40)(H,38,43)(H,39,42)/t29-,30+,31+/m0/s1. The minimum Gasteiger partial charge on any atom is -0.391 e. The van der Waals surface area contributed by atoms with E-state index in [-0.39, 0.29) is 23.8 Å². The summed E-state index contributed by atoms with van der Waals surface area (Å²) in [6.07, 6.45) is -0.949. The molecular formula is C35H40N4O6S. The van der Waals surface area contributed by atoms with Gasteiger partial charge in [-0.25, -0.2) is 13.4 Å². The molecule has 0 aliphatic carbocycles.